The van der Waals surface area contributed by atoms with Crippen molar-refractivity contribution < 1.29 is 4.39 Å². The first kappa shape index (κ1) is 8.51. The molecule has 0 aromatic carbocycles. The molecule has 0 saturated heterocycles. The van der Waals surface area contributed by atoms with E-state index in [0.29, 0.717) is 6.42 Å². The Hall–Kier alpha value is -0.590. The summed E-state index contributed by atoms with van der Waals surface area (Å²) in [6.45, 7) is 4.09. The van der Waals surface area contributed by atoms with Crippen LogP contribution < -0.4 is 0 Å². The van der Waals surface area contributed by atoms with E-state index in [9.17, 15) is 4.39 Å². The van der Waals surface area contributed by atoms with Crippen molar-refractivity contribution in [2.24, 2.45) is 0 Å². The minimum atomic E-state index is -0.735. The fourth-order valence-corrected chi connectivity index (χ4v) is 1.52. The molecule has 0 amide bonds. The van der Waals surface area contributed by atoms with Gasteiger partial charge >= 0.3 is 0 Å². The van der Waals surface area contributed by atoms with Gasteiger partial charge in [0.25, 0.3) is 0 Å². The van der Waals surface area contributed by atoms with Crippen LogP contribution in [0, 0.1) is 0 Å². The molecule has 0 spiro atoms. The molecule has 0 aliphatic heterocycles. The van der Waals surface area contributed by atoms with Crippen LogP contribution in [-0.4, -0.2) is 6.17 Å². The third-order valence-corrected chi connectivity index (χ3v) is 1.90. The molecular weight excluding hydrogens is 139 g/mol. The van der Waals surface area contributed by atoms with Gasteiger partial charge in [-0.25, -0.2) is 4.39 Å². The van der Waals surface area contributed by atoms with Crippen LogP contribution in [0.15, 0.2) is 23.3 Å². The Morgan fingerprint density at radius 3 is 2.91 bits per heavy atom. The van der Waals surface area contributed by atoms with Crippen molar-refractivity contribution in [1.82, 2.24) is 0 Å². The third kappa shape index (κ3) is 2.49. The minimum absolute atomic E-state index is 0.616. The standard InChI is InChI=1S/C10H15F/c1-3-4-9-5-8(2)6-10(11)7-9/h5-6,10H,3-4,7H2,1-2H3. The lowest BCUT2D eigenvalue weighted by atomic mass is 9.96. The highest BCUT2D eigenvalue weighted by atomic mass is 19.1. The maximum absolute atomic E-state index is 12.9. The number of halogens is 1. The van der Waals surface area contributed by atoms with Crippen molar-refractivity contribution in [3.63, 3.8) is 0 Å². The number of hydrogen-bond acceptors (Lipinski definition) is 0. The molecule has 62 valence electrons. The SMILES string of the molecule is CCCC1=CC(C)=CC(F)C1. The van der Waals surface area contributed by atoms with Crippen molar-refractivity contribution in [2.45, 2.75) is 39.3 Å². The van der Waals surface area contributed by atoms with Gasteiger partial charge < -0.3 is 0 Å². The van der Waals surface area contributed by atoms with E-state index < -0.39 is 6.17 Å². The summed E-state index contributed by atoms with van der Waals surface area (Å²) in [7, 11) is 0. The summed E-state index contributed by atoms with van der Waals surface area (Å²) in [5.74, 6) is 0. The van der Waals surface area contributed by atoms with E-state index in [2.05, 4.69) is 13.0 Å². The van der Waals surface area contributed by atoms with Gasteiger partial charge in [0.1, 0.15) is 6.17 Å². The van der Waals surface area contributed by atoms with E-state index in [-0.39, 0.29) is 0 Å². The van der Waals surface area contributed by atoms with E-state index in [1.165, 1.54) is 5.57 Å². The smallest absolute Gasteiger partial charge is 0.122 e. The zero-order valence-electron chi connectivity index (χ0n) is 7.23. The van der Waals surface area contributed by atoms with Gasteiger partial charge in [-0.05, 0) is 19.4 Å². The molecule has 1 atom stereocenters. The van der Waals surface area contributed by atoms with Gasteiger partial charge in [0.05, 0.1) is 0 Å². The van der Waals surface area contributed by atoms with Crippen molar-refractivity contribution >= 4 is 0 Å². The Balaban J connectivity index is 2.60. The maximum Gasteiger partial charge on any atom is 0.122 e. The molecule has 0 radical (unpaired) electrons. The Labute approximate surface area is 67.8 Å². The molecular formula is C10H15F. The first-order chi connectivity index (χ1) is 5.22. The summed E-state index contributed by atoms with van der Waals surface area (Å²) < 4.78 is 12.9. The van der Waals surface area contributed by atoms with Crippen LogP contribution in [0.2, 0.25) is 0 Å². The predicted octanol–water partition coefficient (Wildman–Crippen LogP) is 3.40. The van der Waals surface area contributed by atoms with Crippen LogP contribution in [0.3, 0.4) is 0 Å². The molecule has 0 nitrogen and oxygen atoms in total. The molecule has 1 unspecified atom stereocenters. The second kappa shape index (κ2) is 3.70. The van der Waals surface area contributed by atoms with E-state index >= 15 is 0 Å². The fraction of sp³-hybridized carbons (Fsp3) is 0.600. The summed E-state index contributed by atoms with van der Waals surface area (Å²) in [5, 5.41) is 0. The Kier molecular flexibility index (Phi) is 2.86. The van der Waals surface area contributed by atoms with Crippen LogP contribution in [0.4, 0.5) is 4.39 Å². The molecule has 0 N–H and O–H groups in total. The molecule has 11 heavy (non-hydrogen) atoms. The average molecular weight is 154 g/mol. The lowest BCUT2D eigenvalue weighted by molar-refractivity contribution is 0.389. The van der Waals surface area contributed by atoms with Gasteiger partial charge in [0.2, 0.25) is 0 Å². The van der Waals surface area contributed by atoms with E-state index in [0.717, 1.165) is 18.4 Å². The second-order valence-corrected chi connectivity index (χ2v) is 3.18. The molecule has 1 heteroatoms. The van der Waals surface area contributed by atoms with E-state index in [1.54, 1.807) is 6.08 Å². The summed E-state index contributed by atoms with van der Waals surface area (Å²) >= 11 is 0. The largest absolute Gasteiger partial charge is 0.243 e. The summed E-state index contributed by atoms with van der Waals surface area (Å²) in [5.41, 5.74) is 2.34. The number of rotatable bonds is 2. The Morgan fingerprint density at radius 2 is 2.36 bits per heavy atom. The second-order valence-electron chi connectivity index (χ2n) is 3.18. The highest BCUT2D eigenvalue weighted by Crippen LogP contribution is 2.22. The average Bonchev–Trinajstić information content (AvgIpc) is 1.85. The quantitative estimate of drug-likeness (QED) is 0.571. The highest BCUT2D eigenvalue weighted by Gasteiger charge is 2.10. The van der Waals surface area contributed by atoms with Crippen LogP contribution in [0.1, 0.15) is 33.1 Å². The summed E-state index contributed by atoms with van der Waals surface area (Å²) in [6.07, 6.45) is 5.85. The third-order valence-electron chi connectivity index (χ3n) is 1.90. The van der Waals surface area contributed by atoms with Crippen LogP contribution in [0.5, 0.6) is 0 Å². The lowest BCUT2D eigenvalue weighted by Gasteiger charge is -2.13. The van der Waals surface area contributed by atoms with Crippen molar-refractivity contribution in [1.29, 1.82) is 0 Å². The van der Waals surface area contributed by atoms with Gasteiger partial charge in [0, 0.05) is 6.42 Å². The van der Waals surface area contributed by atoms with Crippen molar-refractivity contribution in [3.05, 3.63) is 23.3 Å². The van der Waals surface area contributed by atoms with Crippen LogP contribution in [0.25, 0.3) is 0 Å². The topological polar surface area (TPSA) is 0 Å². The maximum atomic E-state index is 12.9. The molecule has 1 aliphatic rings. The van der Waals surface area contributed by atoms with Crippen molar-refractivity contribution in [2.75, 3.05) is 0 Å². The van der Waals surface area contributed by atoms with E-state index in [1.807, 2.05) is 6.92 Å². The Morgan fingerprint density at radius 1 is 1.64 bits per heavy atom. The molecule has 0 fully saturated rings. The molecule has 1 aliphatic carbocycles. The molecule has 0 aromatic heterocycles. The van der Waals surface area contributed by atoms with Crippen LogP contribution in [-0.2, 0) is 0 Å². The van der Waals surface area contributed by atoms with Gasteiger partial charge in [0.15, 0.2) is 0 Å². The van der Waals surface area contributed by atoms with Crippen molar-refractivity contribution in [3.8, 4) is 0 Å². The number of alkyl halides is 1. The van der Waals surface area contributed by atoms with Gasteiger partial charge in [-0.15, -0.1) is 0 Å². The molecule has 0 heterocycles. The predicted molar refractivity (Wildman–Crippen MR) is 46.3 cm³/mol. The molecule has 1 rings (SSSR count). The summed E-state index contributed by atoms with van der Waals surface area (Å²) in [6, 6.07) is 0. The number of hydrogen-bond donors (Lipinski definition) is 0. The molecule has 0 saturated carbocycles. The fourth-order valence-electron chi connectivity index (χ4n) is 1.52. The number of allylic oxidation sites excluding steroid dienone is 4. The molecule has 0 aromatic rings. The monoisotopic (exact) mass is 154 g/mol. The highest BCUT2D eigenvalue weighted by molar-refractivity contribution is 5.28. The van der Waals surface area contributed by atoms with Gasteiger partial charge in [-0.2, -0.15) is 0 Å². The minimum Gasteiger partial charge on any atom is -0.243 e. The van der Waals surface area contributed by atoms with E-state index in [4.69, 9.17) is 0 Å². The lowest BCUT2D eigenvalue weighted by Crippen LogP contribution is -2.03. The first-order valence-electron chi connectivity index (χ1n) is 4.24. The van der Waals surface area contributed by atoms with Gasteiger partial charge in [-0.1, -0.05) is 30.6 Å². The zero-order chi connectivity index (χ0) is 8.27. The first-order valence-corrected chi connectivity index (χ1v) is 4.24. The Bertz CT molecular complexity index is 189. The summed E-state index contributed by atoms with van der Waals surface area (Å²) in [4.78, 5) is 0. The van der Waals surface area contributed by atoms with Gasteiger partial charge in [-0.3, -0.25) is 0 Å². The normalized spacial score (nSPS) is 24.5. The zero-order valence-corrected chi connectivity index (χ0v) is 7.23. The van der Waals surface area contributed by atoms with Crippen LogP contribution >= 0.6 is 0 Å². The molecule has 0 bridgehead atoms.